The predicted octanol–water partition coefficient (Wildman–Crippen LogP) is 6.40. The minimum Gasteiger partial charge on any atom is -0.478 e. The topological polar surface area (TPSA) is 92.6 Å². The molecule has 4 aromatic rings. The summed E-state index contributed by atoms with van der Waals surface area (Å²) < 4.78 is 5.70. The molecule has 0 unspecified atom stereocenters. The summed E-state index contributed by atoms with van der Waals surface area (Å²) in [4.78, 5) is 35.7. The Balaban J connectivity index is 1.39. The van der Waals surface area contributed by atoms with E-state index in [0.29, 0.717) is 16.7 Å². The highest BCUT2D eigenvalue weighted by Crippen LogP contribution is 2.35. The number of aromatic carboxylic acids is 1. The number of ketones is 1. The van der Waals surface area contributed by atoms with Crippen LogP contribution >= 0.6 is 11.6 Å². The minimum absolute atomic E-state index is 0.0192. The van der Waals surface area contributed by atoms with E-state index in [1.54, 1.807) is 36.7 Å². The Labute approximate surface area is 213 Å². The number of para-hydroxylation sites is 1. The summed E-state index contributed by atoms with van der Waals surface area (Å²) in [5, 5.41) is 10.3. The molecule has 0 saturated heterocycles. The van der Waals surface area contributed by atoms with Crippen molar-refractivity contribution in [2.24, 2.45) is 5.92 Å². The van der Waals surface area contributed by atoms with Gasteiger partial charge in [-0.2, -0.15) is 0 Å². The highest BCUT2D eigenvalue weighted by Gasteiger charge is 2.26. The standard InChI is InChI=1S/C28H22ClN3O4/c29-20-9-11-21(12-10-20)32(17-18-6-7-18)22-15-30-27(31-16-22)26(33)19-8-13-25(24(14-19)28(34)35)36-23-4-2-1-3-5-23/h1-5,8-16,18H,6-7,17H2,(H,34,35). The molecule has 0 spiro atoms. The van der Waals surface area contributed by atoms with Crippen LogP contribution in [0.3, 0.4) is 0 Å². The molecule has 1 aromatic heterocycles. The Morgan fingerprint density at radius 1 is 0.944 bits per heavy atom. The maximum absolute atomic E-state index is 13.1. The number of rotatable bonds is 9. The van der Waals surface area contributed by atoms with Crippen LogP contribution in [0.4, 0.5) is 11.4 Å². The lowest BCUT2D eigenvalue weighted by Gasteiger charge is -2.24. The predicted molar refractivity (Wildman–Crippen MR) is 137 cm³/mol. The monoisotopic (exact) mass is 499 g/mol. The SMILES string of the molecule is O=C(c1ccc(Oc2ccccc2)c(C(=O)O)c1)c1ncc(N(CC2CC2)c2ccc(Cl)cc2)cn1. The van der Waals surface area contributed by atoms with Crippen molar-refractivity contribution in [3.8, 4) is 11.5 Å². The van der Waals surface area contributed by atoms with Crippen LogP contribution in [0, 0.1) is 5.92 Å². The molecular weight excluding hydrogens is 478 g/mol. The Bertz CT molecular complexity index is 1390. The van der Waals surface area contributed by atoms with Crippen molar-refractivity contribution in [2.45, 2.75) is 12.8 Å². The van der Waals surface area contributed by atoms with Crippen LogP contribution in [0.15, 0.2) is 85.2 Å². The second kappa shape index (κ2) is 10.2. The summed E-state index contributed by atoms with van der Waals surface area (Å²) in [5.74, 6) is -0.460. The van der Waals surface area contributed by atoms with Gasteiger partial charge in [0.15, 0.2) is 0 Å². The van der Waals surface area contributed by atoms with Crippen molar-refractivity contribution in [1.82, 2.24) is 9.97 Å². The van der Waals surface area contributed by atoms with E-state index >= 15 is 0 Å². The van der Waals surface area contributed by atoms with Crippen molar-refractivity contribution in [1.29, 1.82) is 0 Å². The largest absolute Gasteiger partial charge is 0.478 e. The molecule has 7 nitrogen and oxygen atoms in total. The van der Waals surface area contributed by atoms with E-state index in [-0.39, 0.29) is 22.7 Å². The average molecular weight is 500 g/mol. The summed E-state index contributed by atoms with van der Waals surface area (Å²) >= 11 is 6.05. The lowest BCUT2D eigenvalue weighted by molar-refractivity contribution is 0.0694. The van der Waals surface area contributed by atoms with Gasteiger partial charge in [0.05, 0.1) is 18.1 Å². The van der Waals surface area contributed by atoms with Crippen molar-refractivity contribution in [3.05, 3.63) is 107 Å². The number of carboxylic acids is 1. The van der Waals surface area contributed by atoms with E-state index < -0.39 is 11.8 Å². The number of nitrogens with zero attached hydrogens (tertiary/aromatic N) is 3. The van der Waals surface area contributed by atoms with Gasteiger partial charge >= 0.3 is 5.97 Å². The van der Waals surface area contributed by atoms with Gasteiger partial charge in [0.2, 0.25) is 11.6 Å². The maximum atomic E-state index is 13.1. The van der Waals surface area contributed by atoms with Gasteiger partial charge in [-0.25, -0.2) is 14.8 Å². The molecule has 3 aromatic carbocycles. The van der Waals surface area contributed by atoms with Crippen LogP contribution in [-0.4, -0.2) is 33.4 Å². The number of carbonyl (C=O) groups is 2. The molecule has 0 aliphatic heterocycles. The second-order valence-corrected chi connectivity index (χ2v) is 8.99. The zero-order valence-electron chi connectivity index (χ0n) is 19.2. The first kappa shape index (κ1) is 23.5. The minimum atomic E-state index is -1.20. The fraction of sp³-hybridized carbons (Fsp3) is 0.143. The number of carboxylic acid groups (broad SMARTS) is 1. The molecule has 5 rings (SSSR count). The summed E-state index contributed by atoms with van der Waals surface area (Å²) in [6.07, 6.45) is 5.58. The Hall–Kier alpha value is -4.23. The van der Waals surface area contributed by atoms with Gasteiger partial charge in [-0.05, 0) is 73.4 Å². The van der Waals surface area contributed by atoms with Crippen LogP contribution in [0.2, 0.25) is 5.02 Å². The molecule has 0 bridgehead atoms. The van der Waals surface area contributed by atoms with Crippen LogP contribution in [0.25, 0.3) is 0 Å². The summed E-state index contributed by atoms with van der Waals surface area (Å²) in [5.41, 5.74) is 1.76. The van der Waals surface area contributed by atoms with Crippen molar-refractivity contribution >= 4 is 34.7 Å². The zero-order chi connectivity index (χ0) is 25.1. The van der Waals surface area contributed by atoms with E-state index in [0.717, 1.165) is 17.9 Å². The lowest BCUT2D eigenvalue weighted by Crippen LogP contribution is -2.21. The number of halogens is 1. The van der Waals surface area contributed by atoms with Gasteiger partial charge in [-0.15, -0.1) is 0 Å². The molecule has 1 N–H and O–H groups in total. The van der Waals surface area contributed by atoms with Crippen LogP contribution in [0.5, 0.6) is 11.5 Å². The molecular formula is C28H22ClN3O4. The maximum Gasteiger partial charge on any atom is 0.339 e. The van der Waals surface area contributed by atoms with Crippen molar-refractivity contribution < 1.29 is 19.4 Å². The molecule has 1 heterocycles. The van der Waals surface area contributed by atoms with Gasteiger partial charge in [0.25, 0.3) is 0 Å². The van der Waals surface area contributed by atoms with Crippen LogP contribution < -0.4 is 9.64 Å². The molecule has 0 radical (unpaired) electrons. The second-order valence-electron chi connectivity index (χ2n) is 8.56. The third-order valence-electron chi connectivity index (χ3n) is 5.87. The fourth-order valence-corrected chi connectivity index (χ4v) is 3.92. The summed E-state index contributed by atoms with van der Waals surface area (Å²) in [6, 6.07) is 20.7. The third kappa shape index (κ3) is 5.37. The molecule has 1 saturated carbocycles. The first-order valence-electron chi connectivity index (χ1n) is 11.5. The highest BCUT2D eigenvalue weighted by molar-refractivity contribution is 6.30. The van der Waals surface area contributed by atoms with E-state index in [1.807, 2.05) is 30.3 Å². The van der Waals surface area contributed by atoms with Gasteiger partial charge < -0.3 is 14.7 Å². The van der Waals surface area contributed by atoms with Crippen LogP contribution in [0.1, 0.15) is 39.4 Å². The van der Waals surface area contributed by atoms with E-state index in [2.05, 4.69) is 14.9 Å². The van der Waals surface area contributed by atoms with Gasteiger partial charge in [-0.3, -0.25) is 4.79 Å². The zero-order valence-corrected chi connectivity index (χ0v) is 19.9. The molecule has 36 heavy (non-hydrogen) atoms. The number of anilines is 2. The Morgan fingerprint density at radius 2 is 1.64 bits per heavy atom. The molecule has 1 fully saturated rings. The molecule has 8 heteroatoms. The van der Waals surface area contributed by atoms with E-state index in [9.17, 15) is 14.7 Å². The Morgan fingerprint density at radius 3 is 2.28 bits per heavy atom. The number of hydrogen-bond acceptors (Lipinski definition) is 6. The first-order valence-corrected chi connectivity index (χ1v) is 11.9. The summed E-state index contributed by atoms with van der Waals surface area (Å²) in [7, 11) is 0. The van der Waals surface area contributed by atoms with E-state index in [4.69, 9.17) is 16.3 Å². The molecule has 0 amide bonds. The number of ether oxygens (including phenoxy) is 1. The number of benzene rings is 3. The van der Waals surface area contributed by atoms with Crippen molar-refractivity contribution in [2.75, 3.05) is 11.4 Å². The molecule has 1 aliphatic rings. The van der Waals surface area contributed by atoms with Gasteiger partial charge in [-0.1, -0.05) is 29.8 Å². The van der Waals surface area contributed by atoms with Crippen molar-refractivity contribution in [3.63, 3.8) is 0 Å². The quantitative estimate of drug-likeness (QED) is 0.266. The first-order chi connectivity index (χ1) is 17.5. The molecule has 1 aliphatic carbocycles. The fourth-order valence-electron chi connectivity index (χ4n) is 3.79. The van der Waals surface area contributed by atoms with Crippen LogP contribution in [-0.2, 0) is 0 Å². The third-order valence-corrected chi connectivity index (χ3v) is 6.12. The smallest absolute Gasteiger partial charge is 0.339 e. The average Bonchev–Trinajstić information content (AvgIpc) is 3.73. The normalized spacial score (nSPS) is 12.7. The number of carbonyl (C=O) groups excluding carboxylic acids is 1. The molecule has 0 atom stereocenters. The molecule has 180 valence electrons. The summed E-state index contributed by atoms with van der Waals surface area (Å²) in [6.45, 7) is 0.823. The van der Waals surface area contributed by atoms with E-state index in [1.165, 1.54) is 31.0 Å². The highest BCUT2D eigenvalue weighted by atomic mass is 35.5. The Kier molecular flexibility index (Phi) is 6.64. The lowest BCUT2D eigenvalue weighted by atomic mass is 10.1. The van der Waals surface area contributed by atoms with Gasteiger partial charge in [0, 0.05) is 22.8 Å². The van der Waals surface area contributed by atoms with Gasteiger partial charge in [0.1, 0.15) is 17.1 Å². The number of hydrogen-bond donors (Lipinski definition) is 1. The number of aromatic nitrogens is 2.